The Kier molecular flexibility index (Phi) is 9.80. The van der Waals surface area contributed by atoms with Crippen molar-refractivity contribution < 1.29 is 37.7 Å². The molecule has 0 N–H and O–H groups in total. The van der Waals surface area contributed by atoms with Gasteiger partial charge in [-0.05, 0) is 86.8 Å². The Morgan fingerprint density at radius 1 is 0.489 bits per heavy atom. The molecule has 0 saturated carbocycles. The molecule has 0 radical (unpaired) electrons. The summed E-state index contributed by atoms with van der Waals surface area (Å²) in [6, 6.07) is 27.0. The van der Waals surface area contributed by atoms with E-state index in [0.29, 0.717) is 42.5 Å². The average Bonchev–Trinajstić information content (AvgIpc) is 3.28. The second kappa shape index (κ2) is 13.8. The van der Waals surface area contributed by atoms with Crippen LogP contribution in [0.5, 0.6) is 34.5 Å². The summed E-state index contributed by atoms with van der Waals surface area (Å²) in [7, 11) is 4.26. The summed E-state index contributed by atoms with van der Waals surface area (Å²) in [6.45, 7) is 9.06. The normalized spacial score (nSPS) is 15.0. The number of hydrogen-bond donors (Lipinski definition) is 0. The van der Waals surface area contributed by atoms with Gasteiger partial charge in [-0.3, -0.25) is 0 Å². The largest absolute Gasteiger partial charge is 0.498 e. The number of hydrogen-bond acceptors (Lipinski definition) is 8. The molecule has 45 heavy (non-hydrogen) atoms. The van der Waals surface area contributed by atoms with E-state index in [1.54, 1.807) is 21.3 Å². The van der Waals surface area contributed by atoms with Crippen LogP contribution in [0, 0.1) is 0 Å². The minimum absolute atomic E-state index is 0.316. The van der Waals surface area contributed by atoms with E-state index in [1.165, 1.54) is 0 Å². The Morgan fingerprint density at radius 2 is 0.822 bits per heavy atom. The standard InChI is InChI=1S/C36H41BO8/c1-35(2)36(3,4)45-37(44-35)31-20-33(42-23-26-10-16-29(39-6)17-11-26)34(43-24-27-12-18-30(40-7)19-13-27)21-32(31)41-22-25-8-14-28(38-5)15-9-25/h8-21H,22-24H2,1-7H3. The van der Waals surface area contributed by atoms with Crippen LogP contribution >= 0.6 is 0 Å². The van der Waals surface area contributed by atoms with Gasteiger partial charge in [-0.1, -0.05) is 36.4 Å². The molecule has 1 heterocycles. The maximum absolute atomic E-state index is 6.47. The quantitative estimate of drug-likeness (QED) is 0.154. The smallest absolute Gasteiger partial charge is 0.497 e. The van der Waals surface area contributed by atoms with Crippen LogP contribution in [0.4, 0.5) is 0 Å². The first-order chi connectivity index (χ1) is 21.6. The molecule has 0 amide bonds. The van der Waals surface area contributed by atoms with Gasteiger partial charge in [-0.15, -0.1) is 0 Å². The van der Waals surface area contributed by atoms with Crippen LogP contribution < -0.4 is 33.9 Å². The summed E-state index contributed by atoms with van der Waals surface area (Å²) in [5, 5.41) is 0. The van der Waals surface area contributed by atoms with Crippen molar-refractivity contribution in [3.05, 3.63) is 102 Å². The number of methoxy groups -OCH3 is 3. The summed E-state index contributed by atoms with van der Waals surface area (Å²) >= 11 is 0. The van der Waals surface area contributed by atoms with Crippen LogP contribution in [-0.4, -0.2) is 39.6 Å². The Balaban J connectivity index is 1.49. The molecule has 1 aliphatic heterocycles. The molecule has 236 valence electrons. The number of ether oxygens (including phenoxy) is 6. The second-order valence-corrected chi connectivity index (χ2v) is 11.8. The van der Waals surface area contributed by atoms with Crippen LogP contribution in [-0.2, 0) is 29.1 Å². The van der Waals surface area contributed by atoms with Crippen LogP contribution in [0.25, 0.3) is 0 Å². The third-order valence-electron chi connectivity index (χ3n) is 8.24. The molecule has 4 aromatic carbocycles. The van der Waals surface area contributed by atoms with Crippen molar-refractivity contribution in [2.75, 3.05) is 21.3 Å². The van der Waals surface area contributed by atoms with E-state index in [1.807, 2.05) is 113 Å². The molecule has 1 aliphatic rings. The zero-order valence-corrected chi connectivity index (χ0v) is 27.0. The maximum atomic E-state index is 6.47. The molecule has 5 rings (SSSR count). The zero-order chi connectivity index (χ0) is 32.0. The highest BCUT2D eigenvalue weighted by atomic mass is 16.7. The van der Waals surface area contributed by atoms with Gasteiger partial charge in [-0.2, -0.15) is 0 Å². The highest BCUT2D eigenvalue weighted by Gasteiger charge is 2.52. The molecule has 0 spiro atoms. The molecule has 9 heteroatoms. The summed E-state index contributed by atoms with van der Waals surface area (Å²) in [4.78, 5) is 0. The molecule has 1 fully saturated rings. The summed E-state index contributed by atoms with van der Waals surface area (Å²) in [5.74, 6) is 3.99. The van der Waals surface area contributed by atoms with Gasteiger partial charge in [0.05, 0.1) is 32.5 Å². The number of rotatable bonds is 13. The lowest BCUT2D eigenvalue weighted by molar-refractivity contribution is 0.00578. The third kappa shape index (κ3) is 7.67. The SMILES string of the molecule is COc1ccc(COc2cc(OCc3ccc(OC)cc3)c(B3OC(C)(C)C(C)(C)O3)cc2OCc2ccc(OC)cc2)cc1. The fourth-order valence-electron chi connectivity index (χ4n) is 4.71. The van der Waals surface area contributed by atoms with Gasteiger partial charge in [-0.25, -0.2) is 0 Å². The Labute approximate surface area is 266 Å². The van der Waals surface area contributed by atoms with Crippen LogP contribution in [0.15, 0.2) is 84.9 Å². The van der Waals surface area contributed by atoms with Gasteiger partial charge in [0.2, 0.25) is 0 Å². The Hall–Kier alpha value is -4.34. The molecule has 4 aromatic rings. The monoisotopic (exact) mass is 612 g/mol. The predicted molar refractivity (Wildman–Crippen MR) is 174 cm³/mol. The van der Waals surface area contributed by atoms with Crippen molar-refractivity contribution in [2.45, 2.75) is 58.7 Å². The van der Waals surface area contributed by atoms with Crippen molar-refractivity contribution in [3.63, 3.8) is 0 Å². The van der Waals surface area contributed by atoms with Gasteiger partial charge < -0.3 is 37.7 Å². The molecule has 0 bridgehead atoms. The minimum atomic E-state index is -0.681. The molecule has 0 aromatic heterocycles. The molecule has 0 unspecified atom stereocenters. The summed E-state index contributed by atoms with van der Waals surface area (Å²) in [6.07, 6.45) is 0. The van der Waals surface area contributed by atoms with Gasteiger partial charge in [0.25, 0.3) is 0 Å². The molecular weight excluding hydrogens is 571 g/mol. The van der Waals surface area contributed by atoms with E-state index >= 15 is 0 Å². The first-order valence-electron chi connectivity index (χ1n) is 14.9. The van der Waals surface area contributed by atoms with E-state index in [-0.39, 0.29) is 0 Å². The molecule has 1 saturated heterocycles. The van der Waals surface area contributed by atoms with Crippen molar-refractivity contribution in [1.29, 1.82) is 0 Å². The highest BCUT2D eigenvalue weighted by Crippen LogP contribution is 2.39. The van der Waals surface area contributed by atoms with E-state index < -0.39 is 18.3 Å². The molecule has 8 nitrogen and oxygen atoms in total. The minimum Gasteiger partial charge on any atom is -0.497 e. The Bertz CT molecular complexity index is 1530. The summed E-state index contributed by atoms with van der Waals surface area (Å²) in [5.41, 5.74) is 2.57. The topological polar surface area (TPSA) is 73.8 Å². The first-order valence-corrected chi connectivity index (χ1v) is 14.9. The lowest BCUT2D eigenvalue weighted by atomic mass is 9.78. The number of benzene rings is 4. The van der Waals surface area contributed by atoms with Gasteiger partial charge in [0.15, 0.2) is 11.5 Å². The first kappa shape index (κ1) is 32.1. The second-order valence-electron chi connectivity index (χ2n) is 11.8. The van der Waals surface area contributed by atoms with Crippen LogP contribution in [0.3, 0.4) is 0 Å². The van der Waals surface area contributed by atoms with Crippen LogP contribution in [0.1, 0.15) is 44.4 Å². The van der Waals surface area contributed by atoms with E-state index in [9.17, 15) is 0 Å². The highest BCUT2D eigenvalue weighted by molar-refractivity contribution is 6.63. The lowest BCUT2D eigenvalue weighted by Gasteiger charge is -2.32. The fraction of sp³-hybridized carbons (Fsp3) is 0.333. The van der Waals surface area contributed by atoms with Crippen molar-refractivity contribution >= 4 is 12.6 Å². The van der Waals surface area contributed by atoms with Gasteiger partial charge in [0, 0.05) is 11.5 Å². The lowest BCUT2D eigenvalue weighted by Crippen LogP contribution is -2.41. The van der Waals surface area contributed by atoms with E-state index in [4.69, 9.17) is 37.7 Å². The fourth-order valence-corrected chi connectivity index (χ4v) is 4.71. The van der Waals surface area contributed by atoms with E-state index in [0.717, 1.165) is 33.9 Å². The molecular formula is C36H41BO8. The maximum Gasteiger partial charge on any atom is 0.498 e. The van der Waals surface area contributed by atoms with Gasteiger partial charge in [0.1, 0.15) is 42.8 Å². The Morgan fingerprint density at radius 3 is 1.18 bits per heavy atom. The molecule has 0 atom stereocenters. The summed E-state index contributed by atoms with van der Waals surface area (Å²) < 4.78 is 48.1. The van der Waals surface area contributed by atoms with Gasteiger partial charge >= 0.3 is 7.12 Å². The van der Waals surface area contributed by atoms with Crippen molar-refractivity contribution in [3.8, 4) is 34.5 Å². The zero-order valence-electron chi connectivity index (χ0n) is 27.0. The van der Waals surface area contributed by atoms with Crippen LogP contribution in [0.2, 0.25) is 0 Å². The van der Waals surface area contributed by atoms with Crippen molar-refractivity contribution in [1.82, 2.24) is 0 Å². The molecule has 0 aliphatic carbocycles. The van der Waals surface area contributed by atoms with Crippen molar-refractivity contribution in [2.24, 2.45) is 0 Å². The predicted octanol–water partition coefficient (Wildman–Crippen LogP) is 6.75. The third-order valence-corrected chi connectivity index (χ3v) is 8.24. The van der Waals surface area contributed by atoms with E-state index in [2.05, 4.69) is 0 Å². The average molecular weight is 613 g/mol.